The van der Waals surface area contributed by atoms with Crippen LogP contribution in [0.3, 0.4) is 0 Å². The maximum atomic E-state index is 13.3. The first-order valence-corrected chi connectivity index (χ1v) is 6.29. The predicted molar refractivity (Wildman–Crippen MR) is 71.8 cm³/mol. The Kier molecular flexibility index (Phi) is 3.76. The van der Waals surface area contributed by atoms with Gasteiger partial charge in [-0.3, -0.25) is 0 Å². The lowest BCUT2D eigenvalue weighted by Gasteiger charge is -2.27. The smallest absolute Gasteiger partial charge is 0.142 e. The Morgan fingerprint density at radius 1 is 1.44 bits per heavy atom. The second kappa shape index (κ2) is 5.14. The minimum absolute atomic E-state index is 0.226. The van der Waals surface area contributed by atoms with Gasteiger partial charge in [0.2, 0.25) is 0 Å². The highest BCUT2D eigenvalue weighted by atomic mass is 19.1. The van der Waals surface area contributed by atoms with Crippen molar-refractivity contribution in [3.63, 3.8) is 0 Å². The number of benzene rings is 1. The van der Waals surface area contributed by atoms with Gasteiger partial charge in [-0.1, -0.05) is 0 Å². The van der Waals surface area contributed by atoms with Gasteiger partial charge in [0.15, 0.2) is 0 Å². The fraction of sp³-hybridized carbons (Fsp3) is 0.571. The summed E-state index contributed by atoms with van der Waals surface area (Å²) >= 11 is 0. The molecule has 1 aromatic carbocycles. The molecule has 0 amide bonds. The van der Waals surface area contributed by atoms with Crippen molar-refractivity contribution in [3.05, 3.63) is 24.0 Å². The molecule has 0 saturated heterocycles. The summed E-state index contributed by atoms with van der Waals surface area (Å²) in [4.78, 5) is 2.09. The van der Waals surface area contributed by atoms with Crippen molar-refractivity contribution in [1.29, 1.82) is 0 Å². The van der Waals surface area contributed by atoms with Crippen LogP contribution in [-0.4, -0.2) is 34.3 Å². The Hall–Kier alpha value is -1.29. The highest BCUT2D eigenvalue weighted by Crippen LogP contribution is 2.46. The van der Waals surface area contributed by atoms with E-state index in [1.54, 1.807) is 13.2 Å². The van der Waals surface area contributed by atoms with Gasteiger partial charge >= 0.3 is 0 Å². The maximum Gasteiger partial charge on any atom is 0.142 e. The summed E-state index contributed by atoms with van der Waals surface area (Å²) in [7, 11) is 5.58. The first-order valence-electron chi connectivity index (χ1n) is 6.29. The molecule has 1 aliphatic rings. The van der Waals surface area contributed by atoms with E-state index in [-0.39, 0.29) is 5.82 Å². The summed E-state index contributed by atoms with van der Waals surface area (Å²) in [5, 5.41) is 3.24. The summed E-state index contributed by atoms with van der Waals surface area (Å²) in [5.41, 5.74) is 1.17. The van der Waals surface area contributed by atoms with Crippen LogP contribution in [0.2, 0.25) is 0 Å². The van der Waals surface area contributed by atoms with Gasteiger partial charge in [0.25, 0.3) is 0 Å². The van der Waals surface area contributed by atoms with Crippen LogP contribution in [-0.2, 0) is 0 Å². The number of hydrogen-bond acceptors (Lipinski definition) is 3. The molecule has 3 nitrogen and oxygen atoms in total. The van der Waals surface area contributed by atoms with E-state index in [0.29, 0.717) is 5.41 Å². The van der Waals surface area contributed by atoms with Gasteiger partial charge in [-0.15, -0.1) is 0 Å². The third kappa shape index (κ3) is 2.75. The lowest BCUT2D eigenvalue weighted by Crippen LogP contribution is -2.33. The molecule has 18 heavy (non-hydrogen) atoms. The van der Waals surface area contributed by atoms with Crippen LogP contribution in [0.15, 0.2) is 18.2 Å². The second-order valence-corrected chi connectivity index (χ2v) is 5.20. The van der Waals surface area contributed by atoms with Gasteiger partial charge in [0.1, 0.15) is 11.6 Å². The van der Waals surface area contributed by atoms with Crippen molar-refractivity contribution in [2.75, 3.05) is 39.2 Å². The monoisotopic (exact) mass is 252 g/mol. The summed E-state index contributed by atoms with van der Waals surface area (Å²) in [5.74, 6) is 0.496. The molecule has 1 saturated carbocycles. The van der Waals surface area contributed by atoms with Gasteiger partial charge in [0, 0.05) is 31.6 Å². The zero-order chi connectivity index (χ0) is 13.2. The minimum Gasteiger partial charge on any atom is -0.495 e. The largest absolute Gasteiger partial charge is 0.495 e. The molecule has 1 fully saturated rings. The molecule has 100 valence electrons. The molecular formula is C14H21FN2O. The molecule has 1 N–H and O–H groups in total. The van der Waals surface area contributed by atoms with Crippen molar-refractivity contribution in [2.45, 2.75) is 12.8 Å². The van der Waals surface area contributed by atoms with Gasteiger partial charge in [-0.05, 0) is 32.0 Å². The SMILES string of the molecule is CNCC1(CN(C)c2cc(F)ccc2OC)CC1. The number of nitrogens with zero attached hydrogens (tertiary/aromatic N) is 1. The van der Waals surface area contributed by atoms with Crippen LogP contribution < -0.4 is 15.0 Å². The van der Waals surface area contributed by atoms with Crippen LogP contribution in [0.5, 0.6) is 5.75 Å². The first kappa shape index (κ1) is 13.1. The average Bonchev–Trinajstić information content (AvgIpc) is 3.09. The molecule has 0 atom stereocenters. The van der Waals surface area contributed by atoms with Crippen LogP contribution >= 0.6 is 0 Å². The third-order valence-electron chi connectivity index (χ3n) is 3.63. The summed E-state index contributed by atoms with van der Waals surface area (Å²) in [6, 6.07) is 4.64. The molecule has 1 aromatic rings. The Morgan fingerprint density at radius 3 is 2.72 bits per heavy atom. The zero-order valence-corrected chi connectivity index (χ0v) is 11.3. The van der Waals surface area contributed by atoms with Crippen LogP contribution in [0, 0.1) is 11.2 Å². The number of rotatable bonds is 6. The minimum atomic E-state index is -0.226. The van der Waals surface area contributed by atoms with E-state index in [9.17, 15) is 4.39 Å². The average molecular weight is 252 g/mol. The summed E-state index contributed by atoms with van der Waals surface area (Å²) in [6.07, 6.45) is 2.46. The lowest BCUT2D eigenvalue weighted by atomic mass is 10.1. The van der Waals surface area contributed by atoms with Crippen LogP contribution in [0.25, 0.3) is 0 Å². The molecule has 0 radical (unpaired) electrons. The van der Waals surface area contributed by atoms with E-state index < -0.39 is 0 Å². The Balaban J connectivity index is 2.13. The Morgan fingerprint density at radius 2 is 2.17 bits per heavy atom. The topological polar surface area (TPSA) is 24.5 Å². The Labute approximate surface area is 108 Å². The van der Waals surface area contributed by atoms with Crippen molar-refractivity contribution < 1.29 is 9.13 Å². The van der Waals surface area contributed by atoms with E-state index in [2.05, 4.69) is 10.2 Å². The summed E-state index contributed by atoms with van der Waals surface area (Å²) < 4.78 is 18.6. The molecule has 0 unspecified atom stereocenters. The van der Waals surface area contributed by atoms with Crippen molar-refractivity contribution in [1.82, 2.24) is 5.32 Å². The molecule has 0 aliphatic heterocycles. The van der Waals surface area contributed by atoms with Gasteiger partial charge in [-0.2, -0.15) is 0 Å². The van der Waals surface area contributed by atoms with Gasteiger partial charge in [0.05, 0.1) is 12.8 Å². The number of hydrogen-bond donors (Lipinski definition) is 1. The predicted octanol–water partition coefficient (Wildman–Crippen LogP) is 2.27. The van der Waals surface area contributed by atoms with Crippen molar-refractivity contribution in [2.24, 2.45) is 5.41 Å². The number of nitrogens with one attached hydrogen (secondary N) is 1. The standard InChI is InChI=1S/C14H21FN2O/c1-16-9-14(6-7-14)10-17(2)12-8-11(15)4-5-13(12)18-3/h4-5,8,16H,6-7,9-10H2,1-3H3. The fourth-order valence-electron chi connectivity index (χ4n) is 2.49. The van der Waals surface area contributed by atoms with Crippen molar-refractivity contribution >= 4 is 5.69 Å². The van der Waals surface area contributed by atoms with E-state index in [1.807, 2.05) is 14.1 Å². The molecule has 0 bridgehead atoms. The molecule has 0 spiro atoms. The van der Waals surface area contributed by atoms with E-state index in [4.69, 9.17) is 4.74 Å². The summed E-state index contributed by atoms with van der Waals surface area (Å²) in [6.45, 7) is 1.93. The first-order chi connectivity index (χ1) is 8.60. The van der Waals surface area contributed by atoms with Gasteiger partial charge in [-0.25, -0.2) is 4.39 Å². The van der Waals surface area contributed by atoms with Crippen LogP contribution in [0.4, 0.5) is 10.1 Å². The van der Waals surface area contributed by atoms with E-state index >= 15 is 0 Å². The lowest BCUT2D eigenvalue weighted by molar-refractivity contribution is 0.411. The highest BCUT2D eigenvalue weighted by Gasteiger charge is 2.42. The molecule has 1 aliphatic carbocycles. The number of methoxy groups -OCH3 is 1. The molecular weight excluding hydrogens is 231 g/mol. The van der Waals surface area contributed by atoms with Crippen LogP contribution in [0.1, 0.15) is 12.8 Å². The molecule has 0 heterocycles. The van der Waals surface area contributed by atoms with E-state index in [1.165, 1.54) is 25.0 Å². The molecule has 0 aromatic heterocycles. The zero-order valence-electron chi connectivity index (χ0n) is 11.3. The molecule has 4 heteroatoms. The van der Waals surface area contributed by atoms with Crippen molar-refractivity contribution in [3.8, 4) is 5.75 Å². The molecule has 2 rings (SSSR count). The number of ether oxygens (including phenoxy) is 1. The third-order valence-corrected chi connectivity index (χ3v) is 3.63. The number of halogens is 1. The van der Waals surface area contributed by atoms with E-state index in [0.717, 1.165) is 24.5 Å². The second-order valence-electron chi connectivity index (χ2n) is 5.20. The highest BCUT2D eigenvalue weighted by molar-refractivity contribution is 5.58. The van der Waals surface area contributed by atoms with Gasteiger partial charge < -0.3 is 15.0 Å². The Bertz CT molecular complexity index is 418. The fourth-order valence-corrected chi connectivity index (χ4v) is 2.49. The normalized spacial score (nSPS) is 16.4. The maximum absolute atomic E-state index is 13.3. The quantitative estimate of drug-likeness (QED) is 0.840. The number of anilines is 1.